The van der Waals surface area contributed by atoms with Gasteiger partial charge in [0.05, 0.1) is 22.3 Å². The number of aromatic nitrogens is 5. The number of imidazole rings is 1. The predicted octanol–water partition coefficient (Wildman–Crippen LogP) is 5.63. The van der Waals surface area contributed by atoms with E-state index >= 15 is 0 Å². The van der Waals surface area contributed by atoms with Gasteiger partial charge in [0.1, 0.15) is 23.1 Å². The fourth-order valence-electron chi connectivity index (χ4n) is 3.96. The highest BCUT2D eigenvalue weighted by atomic mass is 19.4. The van der Waals surface area contributed by atoms with Crippen molar-refractivity contribution in [1.29, 1.82) is 0 Å². The molecular weight excluding hydrogens is 538 g/mol. The first-order chi connectivity index (χ1) is 18.3. The number of H-pyrrole nitrogens is 2. The Bertz CT molecular complexity index is 1770. The second-order valence-corrected chi connectivity index (χ2v) is 8.44. The number of nitrogens with one attached hydrogen (secondary N) is 2. The average Bonchev–Trinajstić information content (AvgIpc) is 3.28. The van der Waals surface area contributed by atoms with Gasteiger partial charge in [0.2, 0.25) is 12.7 Å². The Morgan fingerprint density at radius 2 is 1.64 bits per heavy atom. The highest BCUT2D eigenvalue weighted by Crippen LogP contribution is 2.40. The fraction of sp³-hybridized carbons (Fsp3) is 0.120. The minimum absolute atomic E-state index is 0.00902. The first-order valence-corrected chi connectivity index (χ1v) is 11.0. The summed E-state index contributed by atoms with van der Waals surface area (Å²) in [6.07, 6.45) is -7.35. The Morgan fingerprint density at radius 3 is 2.33 bits per heavy atom. The van der Waals surface area contributed by atoms with Crippen LogP contribution in [0.5, 0.6) is 0 Å². The number of pyridine rings is 1. The SMILES string of the molecule is O=c1[nH]c(-c2ccc(C(F)(F)F)cc2C(F)(F)F)ccc1C[n+]1cc2[nH]c(-c3cccc(F)c3F)nc2cn1. The van der Waals surface area contributed by atoms with E-state index in [4.69, 9.17) is 0 Å². The molecule has 39 heavy (non-hydrogen) atoms. The van der Waals surface area contributed by atoms with Crippen molar-refractivity contribution in [1.82, 2.24) is 20.1 Å². The lowest BCUT2D eigenvalue weighted by atomic mass is 9.99. The van der Waals surface area contributed by atoms with Crippen molar-refractivity contribution in [3.05, 3.63) is 99.6 Å². The third-order valence-electron chi connectivity index (χ3n) is 5.84. The number of aromatic amines is 2. The van der Waals surface area contributed by atoms with Gasteiger partial charge in [-0.3, -0.25) is 4.79 Å². The van der Waals surface area contributed by atoms with Crippen LogP contribution in [0.1, 0.15) is 16.7 Å². The van der Waals surface area contributed by atoms with Crippen LogP contribution in [-0.2, 0) is 18.9 Å². The summed E-state index contributed by atoms with van der Waals surface area (Å²) in [4.78, 5) is 22.0. The summed E-state index contributed by atoms with van der Waals surface area (Å²) >= 11 is 0. The van der Waals surface area contributed by atoms with Gasteiger partial charge in [0, 0.05) is 11.3 Å². The van der Waals surface area contributed by atoms with Gasteiger partial charge < -0.3 is 9.97 Å². The summed E-state index contributed by atoms with van der Waals surface area (Å²) in [7, 11) is 0. The second kappa shape index (κ2) is 9.29. The molecule has 6 nitrogen and oxygen atoms in total. The molecule has 3 aromatic heterocycles. The Kier molecular flexibility index (Phi) is 6.19. The second-order valence-electron chi connectivity index (χ2n) is 8.44. The molecule has 200 valence electrons. The number of fused-ring (bicyclic) bond motifs is 1. The summed E-state index contributed by atoms with van der Waals surface area (Å²) in [5, 5.41) is 4.11. The van der Waals surface area contributed by atoms with Crippen LogP contribution < -0.4 is 10.2 Å². The summed E-state index contributed by atoms with van der Waals surface area (Å²) in [5.41, 5.74) is -4.10. The summed E-state index contributed by atoms with van der Waals surface area (Å²) < 4.78 is 108. The average molecular weight is 552 g/mol. The molecule has 2 aromatic carbocycles. The fourth-order valence-corrected chi connectivity index (χ4v) is 3.96. The molecule has 5 rings (SSSR count). The van der Waals surface area contributed by atoms with Crippen LogP contribution in [0.4, 0.5) is 35.1 Å². The molecule has 0 saturated carbocycles. The van der Waals surface area contributed by atoms with E-state index in [1.165, 1.54) is 35.3 Å². The standard InChI is InChI=1S/C25H13F8N5O/c26-17-3-1-2-15(21(17)27)22-35-19-9-34-38(11-20(19)36-22)10-12-4-7-18(37-23(12)39)14-6-5-13(24(28,29)30)8-16(14)25(31,32)33/h1-9,11H,10H2,(H,37,39)/p+1. The molecule has 0 aliphatic carbocycles. The van der Waals surface area contributed by atoms with Crippen LogP contribution in [0.3, 0.4) is 0 Å². The topological polar surface area (TPSA) is 78.3 Å². The molecule has 3 heterocycles. The monoisotopic (exact) mass is 552 g/mol. The van der Waals surface area contributed by atoms with Gasteiger partial charge >= 0.3 is 12.4 Å². The van der Waals surface area contributed by atoms with Crippen molar-refractivity contribution in [2.24, 2.45) is 0 Å². The van der Waals surface area contributed by atoms with Gasteiger partial charge in [-0.15, -0.1) is 0 Å². The molecule has 0 fully saturated rings. The molecule has 0 spiro atoms. The van der Waals surface area contributed by atoms with E-state index in [2.05, 4.69) is 20.1 Å². The molecule has 0 saturated heterocycles. The Labute approximate surface area is 212 Å². The van der Waals surface area contributed by atoms with Crippen LogP contribution in [0.15, 0.2) is 65.7 Å². The Hall–Kier alpha value is -4.62. The maximum atomic E-state index is 14.1. The molecule has 5 aromatic rings. The van der Waals surface area contributed by atoms with Crippen LogP contribution >= 0.6 is 0 Å². The van der Waals surface area contributed by atoms with E-state index in [0.29, 0.717) is 23.2 Å². The van der Waals surface area contributed by atoms with E-state index in [-0.39, 0.29) is 35.3 Å². The number of hydrogen-bond donors (Lipinski definition) is 2. The zero-order valence-electron chi connectivity index (χ0n) is 19.3. The first kappa shape index (κ1) is 26.0. The number of rotatable bonds is 4. The molecule has 0 aliphatic heterocycles. The first-order valence-electron chi connectivity index (χ1n) is 11.0. The maximum absolute atomic E-state index is 14.1. The zero-order valence-corrected chi connectivity index (χ0v) is 19.3. The largest absolute Gasteiger partial charge is 0.417 e. The minimum Gasteiger partial charge on any atom is -0.333 e. The van der Waals surface area contributed by atoms with E-state index < -0.39 is 46.2 Å². The lowest BCUT2D eigenvalue weighted by Crippen LogP contribution is -2.40. The molecule has 0 atom stereocenters. The predicted molar refractivity (Wildman–Crippen MR) is 121 cm³/mol. The van der Waals surface area contributed by atoms with Crippen LogP contribution in [0, 0.1) is 11.6 Å². The zero-order chi connectivity index (χ0) is 28.1. The Morgan fingerprint density at radius 1 is 0.872 bits per heavy atom. The van der Waals surface area contributed by atoms with E-state index in [9.17, 15) is 39.9 Å². The number of nitrogens with zero attached hydrogens (tertiary/aromatic N) is 3. The Balaban J connectivity index is 1.46. The maximum Gasteiger partial charge on any atom is 0.417 e. The van der Waals surface area contributed by atoms with Crippen molar-refractivity contribution in [3.63, 3.8) is 0 Å². The van der Waals surface area contributed by atoms with E-state index in [1.807, 2.05) is 0 Å². The van der Waals surface area contributed by atoms with Gasteiger partial charge in [0.25, 0.3) is 5.56 Å². The van der Waals surface area contributed by atoms with Gasteiger partial charge in [-0.2, -0.15) is 26.3 Å². The van der Waals surface area contributed by atoms with E-state index in [0.717, 1.165) is 12.1 Å². The molecule has 2 N–H and O–H groups in total. The number of alkyl halides is 6. The molecule has 14 heteroatoms. The molecule has 0 amide bonds. The minimum atomic E-state index is -5.11. The van der Waals surface area contributed by atoms with Crippen LogP contribution in [0.25, 0.3) is 33.7 Å². The molecular formula is C25H14F8N5O+. The van der Waals surface area contributed by atoms with Gasteiger partial charge in [-0.1, -0.05) is 16.8 Å². The highest BCUT2D eigenvalue weighted by Gasteiger charge is 2.38. The van der Waals surface area contributed by atoms with Crippen molar-refractivity contribution in [3.8, 4) is 22.6 Å². The third kappa shape index (κ3) is 5.09. The van der Waals surface area contributed by atoms with E-state index in [1.54, 1.807) is 0 Å². The molecule has 0 radical (unpaired) electrons. The van der Waals surface area contributed by atoms with Crippen molar-refractivity contribution in [2.75, 3.05) is 0 Å². The molecule has 0 unspecified atom stereocenters. The van der Waals surface area contributed by atoms with Crippen LogP contribution in [0.2, 0.25) is 0 Å². The van der Waals surface area contributed by atoms with Crippen molar-refractivity contribution >= 4 is 11.0 Å². The lowest BCUT2D eigenvalue weighted by Gasteiger charge is -2.16. The number of benzene rings is 2. The van der Waals surface area contributed by atoms with Crippen LogP contribution in [-0.4, -0.2) is 20.1 Å². The number of halogens is 8. The van der Waals surface area contributed by atoms with Gasteiger partial charge in [-0.25, -0.2) is 13.8 Å². The van der Waals surface area contributed by atoms with Crippen molar-refractivity contribution < 1.29 is 39.8 Å². The summed E-state index contributed by atoms with van der Waals surface area (Å²) in [6, 6.07) is 7.13. The normalized spacial score (nSPS) is 12.3. The summed E-state index contributed by atoms with van der Waals surface area (Å²) in [5.74, 6) is -2.10. The molecule has 0 bridgehead atoms. The summed E-state index contributed by atoms with van der Waals surface area (Å²) in [6.45, 7) is -0.145. The quantitative estimate of drug-likeness (QED) is 0.224. The lowest BCUT2D eigenvalue weighted by molar-refractivity contribution is -0.745. The molecule has 0 aliphatic rings. The number of hydrogen-bond acceptors (Lipinski definition) is 3. The van der Waals surface area contributed by atoms with Gasteiger partial charge in [-0.05, 0) is 41.5 Å². The van der Waals surface area contributed by atoms with Gasteiger partial charge in [0.15, 0.2) is 11.6 Å². The van der Waals surface area contributed by atoms with Crippen molar-refractivity contribution in [2.45, 2.75) is 18.9 Å². The highest BCUT2D eigenvalue weighted by molar-refractivity contribution is 5.77. The third-order valence-corrected chi connectivity index (χ3v) is 5.84. The smallest absolute Gasteiger partial charge is 0.333 e.